The van der Waals surface area contributed by atoms with Crippen LogP contribution in [-0.4, -0.2) is 47.1 Å². The zero-order chi connectivity index (χ0) is 15.1. The molecule has 0 aromatic carbocycles. The van der Waals surface area contributed by atoms with Crippen LogP contribution in [0.25, 0.3) is 0 Å². The molecule has 2 rings (SSSR count). The minimum Gasteiger partial charge on any atom is -0.370 e. The Labute approximate surface area is 128 Å². The number of likely N-dealkylation sites (tertiary alicyclic amines) is 1. The molecule has 1 unspecified atom stereocenters. The third-order valence-corrected chi connectivity index (χ3v) is 3.77. The summed E-state index contributed by atoms with van der Waals surface area (Å²) in [6.07, 6.45) is 4.63. The Kier molecular flexibility index (Phi) is 6.23. The second-order valence-electron chi connectivity index (χ2n) is 5.89. The molecule has 0 saturated carbocycles. The summed E-state index contributed by atoms with van der Waals surface area (Å²) in [7, 11) is 0. The van der Waals surface area contributed by atoms with Crippen LogP contribution in [0.1, 0.15) is 45.9 Å². The highest BCUT2D eigenvalue weighted by Gasteiger charge is 2.15. The van der Waals surface area contributed by atoms with E-state index in [0.29, 0.717) is 6.04 Å². The Morgan fingerprint density at radius 3 is 2.57 bits per heavy atom. The SMILES string of the molecule is CCCNc1cc(NC(C)CN2CCCC2)nc(CC)n1. The number of hydrogen-bond acceptors (Lipinski definition) is 5. The van der Waals surface area contributed by atoms with Crippen LogP contribution in [0, 0.1) is 0 Å². The maximum Gasteiger partial charge on any atom is 0.132 e. The summed E-state index contributed by atoms with van der Waals surface area (Å²) in [6, 6.07) is 2.43. The van der Waals surface area contributed by atoms with Crippen molar-refractivity contribution in [3.63, 3.8) is 0 Å². The molecule has 21 heavy (non-hydrogen) atoms. The number of aromatic nitrogens is 2. The first-order chi connectivity index (χ1) is 10.2. The third kappa shape index (κ3) is 5.16. The number of hydrogen-bond donors (Lipinski definition) is 2. The summed E-state index contributed by atoms with van der Waals surface area (Å²) in [4.78, 5) is 11.6. The number of rotatable bonds is 8. The molecule has 0 aliphatic carbocycles. The lowest BCUT2D eigenvalue weighted by Crippen LogP contribution is -2.33. The molecule has 0 amide bonds. The van der Waals surface area contributed by atoms with Crippen molar-refractivity contribution in [2.24, 2.45) is 0 Å². The van der Waals surface area contributed by atoms with Gasteiger partial charge in [0.2, 0.25) is 0 Å². The minimum absolute atomic E-state index is 0.404. The van der Waals surface area contributed by atoms with Gasteiger partial charge >= 0.3 is 0 Å². The van der Waals surface area contributed by atoms with Crippen molar-refractivity contribution >= 4 is 11.6 Å². The summed E-state index contributed by atoms with van der Waals surface area (Å²) in [6.45, 7) is 11.0. The summed E-state index contributed by atoms with van der Waals surface area (Å²) in [5, 5.41) is 6.88. The lowest BCUT2D eigenvalue weighted by atomic mass is 10.3. The first kappa shape index (κ1) is 16.0. The van der Waals surface area contributed by atoms with Gasteiger partial charge in [-0.1, -0.05) is 13.8 Å². The standard InChI is InChI=1S/C16H29N5/c1-4-8-17-15-11-16(20-14(5-2)19-15)18-13(3)12-21-9-6-7-10-21/h11,13H,4-10,12H2,1-3H3,(H2,17,18,19,20). The van der Waals surface area contributed by atoms with E-state index in [1.165, 1.54) is 25.9 Å². The Morgan fingerprint density at radius 2 is 1.90 bits per heavy atom. The molecule has 1 fully saturated rings. The number of nitrogens with one attached hydrogen (secondary N) is 2. The first-order valence-corrected chi connectivity index (χ1v) is 8.32. The van der Waals surface area contributed by atoms with E-state index in [2.05, 4.69) is 46.3 Å². The maximum absolute atomic E-state index is 4.59. The second kappa shape index (κ2) is 8.17. The van der Waals surface area contributed by atoms with Crippen LogP contribution in [0.3, 0.4) is 0 Å². The number of anilines is 2. The van der Waals surface area contributed by atoms with Crippen LogP contribution in [0.5, 0.6) is 0 Å². The maximum atomic E-state index is 4.59. The summed E-state index contributed by atoms with van der Waals surface area (Å²) in [5.41, 5.74) is 0. The quantitative estimate of drug-likeness (QED) is 0.771. The fourth-order valence-corrected chi connectivity index (χ4v) is 2.72. The molecule has 1 aromatic rings. The van der Waals surface area contributed by atoms with Gasteiger partial charge in [0.1, 0.15) is 17.5 Å². The van der Waals surface area contributed by atoms with Crippen molar-refractivity contribution < 1.29 is 0 Å². The van der Waals surface area contributed by atoms with Crippen molar-refractivity contribution in [1.82, 2.24) is 14.9 Å². The van der Waals surface area contributed by atoms with Crippen molar-refractivity contribution in [2.45, 2.75) is 52.5 Å². The minimum atomic E-state index is 0.404. The van der Waals surface area contributed by atoms with E-state index in [-0.39, 0.29) is 0 Å². The Hall–Kier alpha value is -1.36. The van der Waals surface area contributed by atoms with Crippen molar-refractivity contribution in [2.75, 3.05) is 36.8 Å². The normalized spacial score (nSPS) is 16.9. The van der Waals surface area contributed by atoms with E-state index < -0.39 is 0 Å². The highest BCUT2D eigenvalue weighted by molar-refractivity contribution is 5.48. The van der Waals surface area contributed by atoms with E-state index in [4.69, 9.17) is 0 Å². The largest absolute Gasteiger partial charge is 0.370 e. The van der Waals surface area contributed by atoms with E-state index in [1.807, 2.05) is 6.07 Å². The van der Waals surface area contributed by atoms with Gasteiger partial charge in [-0.15, -0.1) is 0 Å². The topological polar surface area (TPSA) is 53.1 Å². The smallest absolute Gasteiger partial charge is 0.132 e. The molecule has 0 spiro atoms. The van der Waals surface area contributed by atoms with Crippen molar-refractivity contribution in [3.8, 4) is 0 Å². The summed E-state index contributed by atoms with van der Waals surface area (Å²) >= 11 is 0. The van der Waals surface area contributed by atoms with E-state index in [0.717, 1.165) is 43.4 Å². The van der Waals surface area contributed by atoms with Gasteiger partial charge in [0, 0.05) is 31.6 Å². The predicted octanol–water partition coefficient (Wildman–Crippen LogP) is 2.76. The molecule has 1 aliphatic heterocycles. The first-order valence-electron chi connectivity index (χ1n) is 8.32. The molecule has 1 aromatic heterocycles. The monoisotopic (exact) mass is 291 g/mol. The lowest BCUT2D eigenvalue weighted by Gasteiger charge is -2.22. The Bertz CT molecular complexity index is 429. The molecular formula is C16H29N5. The molecule has 118 valence electrons. The number of nitrogens with zero attached hydrogens (tertiary/aromatic N) is 3. The third-order valence-electron chi connectivity index (χ3n) is 3.77. The summed E-state index contributed by atoms with van der Waals surface area (Å²) in [5.74, 6) is 2.76. The average Bonchev–Trinajstić information content (AvgIpc) is 2.97. The van der Waals surface area contributed by atoms with Gasteiger partial charge in [-0.05, 0) is 39.3 Å². The van der Waals surface area contributed by atoms with Gasteiger partial charge in [0.15, 0.2) is 0 Å². The van der Waals surface area contributed by atoms with Gasteiger partial charge in [0.25, 0.3) is 0 Å². The van der Waals surface area contributed by atoms with Crippen molar-refractivity contribution in [1.29, 1.82) is 0 Å². The highest BCUT2D eigenvalue weighted by atomic mass is 15.2. The molecule has 2 heterocycles. The lowest BCUT2D eigenvalue weighted by molar-refractivity contribution is 0.327. The zero-order valence-corrected chi connectivity index (χ0v) is 13.7. The van der Waals surface area contributed by atoms with Crippen LogP contribution >= 0.6 is 0 Å². The molecule has 1 aliphatic rings. The Balaban J connectivity index is 1.96. The molecule has 5 heteroatoms. The molecule has 0 radical (unpaired) electrons. The van der Waals surface area contributed by atoms with Crippen LogP contribution in [0.2, 0.25) is 0 Å². The highest BCUT2D eigenvalue weighted by Crippen LogP contribution is 2.14. The van der Waals surface area contributed by atoms with Crippen LogP contribution < -0.4 is 10.6 Å². The van der Waals surface area contributed by atoms with Gasteiger partial charge in [-0.3, -0.25) is 0 Å². The van der Waals surface area contributed by atoms with Crippen LogP contribution in [0.15, 0.2) is 6.07 Å². The molecular weight excluding hydrogens is 262 g/mol. The molecule has 5 nitrogen and oxygen atoms in total. The summed E-state index contributed by atoms with van der Waals surface area (Å²) < 4.78 is 0. The Morgan fingerprint density at radius 1 is 1.19 bits per heavy atom. The fraction of sp³-hybridized carbons (Fsp3) is 0.750. The van der Waals surface area contributed by atoms with E-state index in [9.17, 15) is 0 Å². The van der Waals surface area contributed by atoms with Crippen LogP contribution in [-0.2, 0) is 6.42 Å². The molecule has 2 N–H and O–H groups in total. The van der Waals surface area contributed by atoms with Crippen LogP contribution in [0.4, 0.5) is 11.6 Å². The number of aryl methyl sites for hydroxylation is 1. The molecule has 1 atom stereocenters. The van der Waals surface area contributed by atoms with Gasteiger partial charge < -0.3 is 15.5 Å². The molecule has 0 bridgehead atoms. The van der Waals surface area contributed by atoms with Gasteiger partial charge in [-0.2, -0.15) is 0 Å². The van der Waals surface area contributed by atoms with Gasteiger partial charge in [-0.25, -0.2) is 9.97 Å². The fourth-order valence-electron chi connectivity index (χ4n) is 2.72. The zero-order valence-electron chi connectivity index (χ0n) is 13.7. The average molecular weight is 291 g/mol. The predicted molar refractivity (Wildman–Crippen MR) is 88.9 cm³/mol. The van der Waals surface area contributed by atoms with E-state index >= 15 is 0 Å². The molecule has 1 saturated heterocycles. The second-order valence-corrected chi connectivity index (χ2v) is 5.89. The van der Waals surface area contributed by atoms with Gasteiger partial charge in [0.05, 0.1) is 0 Å². The van der Waals surface area contributed by atoms with Crippen molar-refractivity contribution in [3.05, 3.63) is 11.9 Å². The van der Waals surface area contributed by atoms with E-state index in [1.54, 1.807) is 0 Å².